The number of carbonyl (C=O) groups excluding carboxylic acids is 2. The van der Waals surface area contributed by atoms with Crippen LogP contribution in [0, 0.1) is 6.92 Å². The van der Waals surface area contributed by atoms with Crippen LogP contribution in [0.25, 0.3) is 0 Å². The van der Waals surface area contributed by atoms with Gasteiger partial charge in [0.05, 0.1) is 12.5 Å². The van der Waals surface area contributed by atoms with E-state index in [2.05, 4.69) is 26.6 Å². The summed E-state index contributed by atoms with van der Waals surface area (Å²) in [7, 11) is 0. The van der Waals surface area contributed by atoms with Crippen molar-refractivity contribution in [2.24, 2.45) is 0 Å². The zero-order valence-electron chi connectivity index (χ0n) is 13.4. The van der Waals surface area contributed by atoms with Crippen molar-refractivity contribution in [3.05, 3.63) is 63.1 Å². The number of benzene rings is 2. The lowest BCUT2D eigenvalue weighted by Gasteiger charge is -2.18. The first-order valence-corrected chi connectivity index (χ1v) is 8.61. The van der Waals surface area contributed by atoms with Crippen molar-refractivity contribution < 1.29 is 9.59 Å². The monoisotopic (exact) mass is 408 g/mol. The van der Waals surface area contributed by atoms with Crippen LogP contribution < -0.4 is 10.6 Å². The van der Waals surface area contributed by atoms with E-state index < -0.39 is 6.04 Å². The van der Waals surface area contributed by atoms with Crippen molar-refractivity contribution in [3.8, 4) is 0 Å². The molecule has 0 saturated heterocycles. The summed E-state index contributed by atoms with van der Waals surface area (Å²) in [6, 6.07) is 12.4. The normalized spacial score (nSPS) is 11.7. The van der Waals surface area contributed by atoms with Gasteiger partial charge in [-0.25, -0.2) is 0 Å². The maximum atomic E-state index is 12.4. The number of rotatable bonds is 5. The molecule has 6 heteroatoms. The predicted octanol–water partition coefficient (Wildman–Crippen LogP) is 4.62. The fraction of sp³-hybridized carbons (Fsp3) is 0.222. The Morgan fingerprint density at radius 1 is 1.17 bits per heavy atom. The lowest BCUT2D eigenvalue weighted by Crippen LogP contribution is -2.29. The second-order valence-electron chi connectivity index (χ2n) is 5.52. The Balaban J connectivity index is 2.13. The van der Waals surface area contributed by atoms with Crippen LogP contribution in [0.3, 0.4) is 0 Å². The van der Waals surface area contributed by atoms with E-state index in [4.69, 9.17) is 11.6 Å². The number of carbonyl (C=O) groups is 2. The van der Waals surface area contributed by atoms with Gasteiger partial charge in [-0.05, 0) is 42.3 Å². The summed E-state index contributed by atoms with van der Waals surface area (Å²) in [5.74, 6) is -0.369. The summed E-state index contributed by atoms with van der Waals surface area (Å²) in [6.07, 6.45) is 0.132. The van der Waals surface area contributed by atoms with Gasteiger partial charge in [0.1, 0.15) is 0 Å². The van der Waals surface area contributed by atoms with Gasteiger partial charge in [0.25, 0.3) is 0 Å². The van der Waals surface area contributed by atoms with Crippen LogP contribution in [0.5, 0.6) is 0 Å². The number of hydrogen-bond donors (Lipinski definition) is 2. The number of halogens is 2. The summed E-state index contributed by atoms with van der Waals surface area (Å²) in [6.45, 7) is 3.35. The third-order valence-corrected chi connectivity index (χ3v) is 4.26. The Morgan fingerprint density at radius 2 is 1.83 bits per heavy atom. The SMILES string of the molecule is CC(=O)NC(CC(=O)Nc1cc(Br)ccc1C)c1ccc(Cl)cc1. The highest BCUT2D eigenvalue weighted by atomic mass is 79.9. The highest BCUT2D eigenvalue weighted by Crippen LogP contribution is 2.23. The molecule has 4 nitrogen and oxygen atoms in total. The minimum absolute atomic E-state index is 0.132. The Hall–Kier alpha value is -1.85. The molecule has 0 radical (unpaired) electrons. The van der Waals surface area contributed by atoms with Crippen LogP contribution in [0.1, 0.15) is 30.5 Å². The second-order valence-corrected chi connectivity index (χ2v) is 6.87. The van der Waals surface area contributed by atoms with Crippen LogP contribution in [0.15, 0.2) is 46.9 Å². The fourth-order valence-corrected chi connectivity index (χ4v) is 2.80. The van der Waals surface area contributed by atoms with Gasteiger partial charge in [0, 0.05) is 22.1 Å². The van der Waals surface area contributed by atoms with Crippen LogP contribution in [-0.2, 0) is 9.59 Å². The number of hydrogen-bond acceptors (Lipinski definition) is 2. The lowest BCUT2D eigenvalue weighted by molar-refractivity contribution is -0.120. The van der Waals surface area contributed by atoms with E-state index in [1.54, 1.807) is 24.3 Å². The van der Waals surface area contributed by atoms with Crippen molar-refractivity contribution in [3.63, 3.8) is 0 Å². The molecule has 2 rings (SSSR count). The average Bonchev–Trinajstić information content (AvgIpc) is 2.50. The Kier molecular flexibility index (Phi) is 6.40. The van der Waals surface area contributed by atoms with Crippen LogP contribution in [0.4, 0.5) is 5.69 Å². The van der Waals surface area contributed by atoms with E-state index >= 15 is 0 Å². The molecule has 2 aromatic carbocycles. The molecule has 2 amide bonds. The van der Waals surface area contributed by atoms with Gasteiger partial charge in [-0.15, -0.1) is 0 Å². The molecule has 126 valence electrons. The maximum Gasteiger partial charge on any atom is 0.226 e. The van der Waals surface area contributed by atoms with E-state index in [0.717, 1.165) is 21.3 Å². The summed E-state index contributed by atoms with van der Waals surface area (Å²) >= 11 is 9.29. The van der Waals surface area contributed by atoms with Gasteiger partial charge in [-0.2, -0.15) is 0 Å². The molecule has 0 aromatic heterocycles. The molecule has 24 heavy (non-hydrogen) atoms. The van der Waals surface area contributed by atoms with Crippen LogP contribution >= 0.6 is 27.5 Å². The minimum Gasteiger partial charge on any atom is -0.349 e. The topological polar surface area (TPSA) is 58.2 Å². The highest BCUT2D eigenvalue weighted by Gasteiger charge is 2.17. The molecule has 0 spiro atoms. The molecule has 0 fully saturated rings. The minimum atomic E-state index is -0.410. The smallest absolute Gasteiger partial charge is 0.226 e. The first kappa shape index (κ1) is 18.5. The molecule has 0 aliphatic heterocycles. The zero-order valence-corrected chi connectivity index (χ0v) is 15.7. The van der Waals surface area contributed by atoms with Crippen LogP contribution in [-0.4, -0.2) is 11.8 Å². The van der Waals surface area contributed by atoms with E-state index in [-0.39, 0.29) is 18.2 Å². The molecule has 1 unspecified atom stereocenters. The molecule has 0 aliphatic carbocycles. The molecular weight excluding hydrogens is 392 g/mol. The second kappa shape index (κ2) is 8.31. The Labute approximate surface area is 154 Å². The summed E-state index contributed by atoms with van der Waals surface area (Å²) in [5.41, 5.74) is 2.54. The van der Waals surface area contributed by atoms with Gasteiger partial charge in [0.2, 0.25) is 11.8 Å². The summed E-state index contributed by atoms with van der Waals surface area (Å²) in [4.78, 5) is 23.9. The summed E-state index contributed by atoms with van der Waals surface area (Å²) in [5, 5.41) is 6.30. The number of amides is 2. The van der Waals surface area contributed by atoms with Gasteiger partial charge in [-0.3, -0.25) is 9.59 Å². The third kappa shape index (κ3) is 5.35. The van der Waals surface area contributed by atoms with E-state index in [0.29, 0.717) is 5.02 Å². The van der Waals surface area contributed by atoms with Gasteiger partial charge >= 0.3 is 0 Å². The summed E-state index contributed by atoms with van der Waals surface area (Å²) < 4.78 is 0.888. The maximum absolute atomic E-state index is 12.4. The number of aryl methyl sites for hydroxylation is 1. The molecule has 0 bridgehead atoms. The molecule has 2 aromatic rings. The van der Waals surface area contributed by atoms with Crippen molar-refractivity contribution in [1.82, 2.24) is 5.32 Å². The fourth-order valence-electron chi connectivity index (χ4n) is 2.31. The van der Waals surface area contributed by atoms with Crippen molar-refractivity contribution in [1.29, 1.82) is 0 Å². The average molecular weight is 410 g/mol. The van der Waals surface area contributed by atoms with E-state index in [1.165, 1.54) is 6.92 Å². The van der Waals surface area contributed by atoms with Crippen LogP contribution in [0.2, 0.25) is 5.02 Å². The first-order valence-electron chi connectivity index (χ1n) is 7.43. The molecule has 2 N–H and O–H groups in total. The Morgan fingerprint density at radius 3 is 2.46 bits per heavy atom. The first-order chi connectivity index (χ1) is 11.3. The predicted molar refractivity (Wildman–Crippen MR) is 100 cm³/mol. The lowest BCUT2D eigenvalue weighted by atomic mass is 10.0. The highest BCUT2D eigenvalue weighted by molar-refractivity contribution is 9.10. The van der Waals surface area contributed by atoms with Crippen molar-refractivity contribution >= 4 is 45.0 Å². The zero-order chi connectivity index (χ0) is 17.7. The van der Waals surface area contributed by atoms with Gasteiger partial charge < -0.3 is 10.6 Å². The molecular formula is C18H18BrClN2O2. The third-order valence-electron chi connectivity index (χ3n) is 3.51. The van der Waals surface area contributed by atoms with E-state index in [9.17, 15) is 9.59 Å². The molecule has 0 aliphatic rings. The molecule has 0 saturated carbocycles. The Bertz CT molecular complexity index is 747. The van der Waals surface area contributed by atoms with Gasteiger partial charge in [-0.1, -0.05) is 45.7 Å². The molecule has 0 heterocycles. The number of nitrogens with one attached hydrogen (secondary N) is 2. The van der Waals surface area contributed by atoms with E-state index in [1.807, 2.05) is 25.1 Å². The molecule has 1 atom stereocenters. The standard InChI is InChI=1S/C18H18BrClN2O2/c1-11-3-6-14(19)9-16(11)22-18(24)10-17(21-12(2)23)13-4-7-15(20)8-5-13/h3-9,17H,10H2,1-2H3,(H,21,23)(H,22,24). The number of anilines is 1. The van der Waals surface area contributed by atoms with Crippen molar-refractivity contribution in [2.75, 3.05) is 5.32 Å². The van der Waals surface area contributed by atoms with Crippen molar-refractivity contribution in [2.45, 2.75) is 26.3 Å². The van der Waals surface area contributed by atoms with Gasteiger partial charge in [0.15, 0.2) is 0 Å². The largest absolute Gasteiger partial charge is 0.349 e. The quantitative estimate of drug-likeness (QED) is 0.757.